The molecule has 1 aliphatic carbocycles. The highest BCUT2D eigenvalue weighted by atomic mass is 16.3. The smallest absolute Gasteiger partial charge is 0.132 e. The minimum absolute atomic E-state index is 0.135. The van der Waals surface area contributed by atoms with Crippen LogP contribution in [-0.4, -0.2) is 21.2 Å². The van der Waals surface area contributed by atoms with Crippen LogP contribution in [0.25, 0.3) is 11.3 Å². The molecule has 20 heavy (non-hydrogen) atoms. The molecule has 1 N–H and O–H groups in total. The summed E-state index contributed by atoms with van der Waals surface area (Å²) >= 11 is 0. The van der Waals surface area contributed by atoms with Crippen molar-refractivity contribution in [1.29, 1.82) is 0 Å². The van der Waals surface area contributed by atoms with Gasteiger partial charge in [0, 0.05) is 17.2 Å². The summed E-state index contributed by atoms with van der Waals surface area (Å²) in [6, 6.07) is 12.3. The van der Waals surface area contributed by atoms with Gasteiger partial charge in [0.05, 0.1) is 11.8 Å². The van der Waals surface area contributed by atoms with Gasteiger partial charge in [-0.3, -0.25) is 0 Å². The van der Waals surface area contributed by atoms with Gasteiger partial charge in [0.1, 0.15) is 5.82 Å². The summed E-state index contributed by atoms with van der Waals surface area (Å²) in [6.45, 7) is 2.02. The Morgan fingerprint density at radius 2 is 1.70 bits per heavy atom. The zero-order valence-corrected chi connectivity index (χ0v) is 11.8. The van der Waals surface area contributed by atoms with Gasteiger partial charge in [-0.25, -0.2) is 9.97 Å². The van der Waals surface area contributed by atoms with Crippen LogP contribution >= 0.6 is 0 Å². The fourth-order valence-corrected chi connectivity index (χ4v) is 2.86. The lowest BCUT2D eigenvalue weighted by atomic mass is 9.87. The predicted molar refractivity (Wildman–Crippen MR) is 79.4 cm³/mol. The minimum atomic E-state index is -0.135. The van der Waals surface area contributed by atoms with E-state index < -0.39 is 0 Å². The molecule has 1 aliphatic rings. The molecule has 0 unspecified atom stereocenters. The molecule has 104 valence electrons. The van der Waals surface area contributed by atoms with Crippen LogP contribution in [0.3, 0.4) is 0 Å². The largest absolute Gasteiger partial charge is 0.393 e. The van der Waals surface area contributed by atoms with Gasteiger partial charge in [0.15, 0.2) is 0 Å². The summed E-state index contributed by atoms with van der Waals surface area (Å²) in [5.74, 6) is 1.33. The van der Waals surface area contributed by atoms with E-state index in [-0.39, 0.29) is 6.10 Å². The quantitative estimate of drug-likeness (QED) is 0.907. The summed E-state index contributed by atoms with van der Waals surface area (Å²) in [7, 11) is 0. The molecular formula is C17H20N2O. The molecule has 1 fully saturated rings. The van der Waals surface area contributed by atoms with Crippen molar-refractivity contribution in [2.75, 3.05) is 0 Å². The maximum absolute atomic E-state index is 9.62. The second-order valence-electron chi connectivity index (χ2n) is 5.62. The molecule has 3 heteroatoms. The fraction of sp³-hybridized carbons (Fsp3) is 0.412. The van der Waals surface area contributed by atoms with Crippen molar-refractivity contribution in [2.24, 2.45) is 0 Å². The Kier molecular flexibility index (Phi) is 3.79. The minimum Gasteiger partial charge on any atom is -0.393 e. The van der Waals surface area contributed by atoms with Gasteiger partial charge in [-0.1, -0.05) is 30.3 Å². The van der Waals surface area contributed by atoms with Gasteiger partial charge >= 0.3 is 0 Å². The number of aliphatic hydroxyl groups excluding tert-OH is 1. The molecule has 0 bridgehead atoms. The Labute approximate surface area is 119 Å². The van der Waals surface area contributed by atoms with Gasteiger partial charge in [-0.05, 0) is 38.7 Å². The normalized spacial score (nSPS) is 22.7. The molecule has 1 heterocycles. The summed E-state index contributed by atoms with van der Waals surface area (Å²) in [5.41, 5.74) is 3.15. The van der Waals surface area contributed by atoms with Crippen molar-refractivity contribution < 1.29 is 5.11 Å². The first-order valence-corrected chi connectivity index (χ1v) is 7.31. The van der Waals surface area contributed by atoms with Crippen molar-refractivity contribution in [3.8, 4) is 11.3 Å². The van der Waals surface area contributed by atoms with E-state index >= 15 is 0 Å². The van der Waals surface area contributed by atoms with Crippen molar-refractivity contribution in [3.05, 3.63) is 47.9 Å². The average Bonchev–Trinajstić information content (AvgIpc) is 2.48. The lowest BCUT2D eigenvalue weighted by Gasteiger charge is -2.24. The van der Waals surface area contributed by atoms with Gasteiger partial charge in [0.2, 0.25) is 0 Å². The number of hydrogen-bond donors (Lipinski definition) is 1. The van der Waals surface area contributed by atoms with E-state index in [1.807, 2.05) is 31.2 Å². The predicted octanol–water partition coefficient (Wildman–Crippen LogP) is 3.47. The second-order valence-corrected chi connectivity index (χ2v) is 5.62. The Balaban J connectivity index is 1.91. The van der Waals surface area contributed by atoms with Gasteiger partial charge in [-0.15, -0.1) is 0 Å². The van der Waals surface area contributed by atoms with E-state index in [2.05, 4.69) is 17.1 Å². The Bertz CT molecular complexity index is 575. The first kappa shape index (κ1) is 13.3. The van der Waals surface area contributed by atoms with Crippen molar-refractivity contribution in [2.45, 2.75) is 44.6 Å². The highest BCUT2D eigenvalue weighted by molar-refractivity contribution is 5.59. The van der Waals surface area contributed by atoms with Crippen LogP contribution < -0.4 is 0 Å². The summed E-state index contributed by atoms with van der Waals surface area (Å²) < 4.78 is 0. The van der Waals surface area contributed by atoms with Crippen LogP contribution in [0.5, 0.6) is 0 Å². The van der Waals surface area contributed by atoms with Gasteiger partial charge in [0.25, 0.3) is 0 Å². The zero-order valence-electron chi connectivity index (χ0n) is 11.8. The SMILES string of the molecule is Cc1cc(-c2ccccc2)nc(C2CCC(O)CC2)n1. The highest BCUT2D eigenvalue weighted by Gasteiger charge is 2.23. The van der Waals surface area contributed by atoms with Crippen LogP contribution in [0.4, 0.5) is 0 Å². The van der Waals surface area contributed by atoms with E-state index in [9.17, 15) is 5.11 Å². The maximum Gasteiger partial charge on any atom is 0.132 e. The molecule has 0 saturated heterocycles. The highest BCUT2D eigenvalue weighted by Crippen LogP contribution is 2.32. The third-order valence-electron chi connectivity index (χ3n) is 4.00. The topological polar surface area (TPSA) is 46.0 Å². The average molecular weight is 268 g/mol. The third kappa shape index (κ3) is 2.88. The van der Waals surface area contributed by atoms with Crippen LogP contribution in [-0.2, 0) is 0 Å². The molecule has 0 spiro atoms. The second kappa shape index (κ2) is 5.71. The van der Waals surface area contributed by atoms with E-state index in [0.29, 0.717) is 5.92 Å². The lowest BCUT2D eigenvalue weighted by Crippen LogP contribution is -2.18. The van der Waals surface area contributed by atoms with Crippen molar-refractivity contribution >= 4 is 0 Å². The van der Waals surface area contributed by atoms with Gasteiger partial charge < -0.3 is 5.11 Å². The van der Waals surface area contributed by atoms with Crippen LogP contribution in [0.2, 0.25) is 0 Å². The Hall–Kier alpha value is -1.74. The Morgan fingerprint density at radius 3 is 2.40 bits per heavy atom. The molecule has 1 aromatic carbocycles. The Morgan fingerprint density at radius 1 is 1.00 bits per heavy atom. The molecule has 0 radical (unpaired) electrons. The molecule has 1 aromatic heterocycles. The van der Waals surface area contributed by atoms with Crippen LogP contribution in [0.15, 0.2) is 36.4 Å². The van der Waals surface area contributed by atoms with Crippen LogP contribution in [0.1, 0.15) is 43.1 Å². The van der Waals surface area contributed by atoms with Crippen molar-refractivity contribution in [3.63, 3.8) is 0 Å². The summed E-state index contributed by atoms with van der Waals surface area (Å²) in [6.07, 6.45) is 3.56. The number of nitrogens with zero attached hydrogens (tertiary/aromatic N) is 2. The molecular weight excluding hydrogens is 248 g/mol. The maximum atomic E-state index is 9.62. The fourth-order valence-electron chi connectivity index (χ4n) is 2.86. The first-order chi connectivity index (χ1) is 9.72. The monoisotopic (exact) mass is 268 g/mol. The number of hydrogen-bond acceptors (Lipinski definition) is 3. The first-order valence-electron chi connectivity index (χ1n) is 7.31. The van der Waals surface area contributed by atoms with E-state index in [4.69, 9.17) is 4.98 Å². The summed E-state index contributed by atoms with van der Waals surface area (Å²) in [5, 5.41) is 9.62. The molecule has 0 amide bonds. The molecule has 0 atom stereocenters. The number of aliphatic hydroxyl groups is 1. The number of rotatable bonds is 2. The molecule has 1 saturated carbocycles. The van der Waals surface area contributed by atoms with E-state index in [1.54, 1.807) is 0 Å². The van der Waals surface area contributed by atoms with E-state index in [0.717, 1.165) is 48.5 Å². The molecule has 3 nitrogen and oxygen atoms in total. The number of benzene rings is 1. The van der Waals surface area contributed by atoms with Crippen molar-refractivity contribution in [1.82, 2.24) is 9.97 Å². The molecule has 0 aliphatic heterocycles. The number of aromatic nitrogens is 2. The van der Waals surface area contributed by atoms with Crippen LogP contribution in [0, 0.1) is 6.92 Å². The molecule has 2 aromatic rings. The standard InChI is InChI=1S/C17H20N2O/c1-12-11-16(13-5-3-2-4-6-13)19-17(18-12)14-7-9-15(20)10-8-14/h2-6,11,14-15,20H,7-10H2,1H3. The summed E-state index contributed by atoms with van der Waals surface area (Å²) in [4.78, 5) is 9.38. The lowest BCUT2D eigenvalue weighted by molar-refractivity contribution is 0.121. The van der Waals surface area contributed by atoms with E-state index in [1.165, 1.54) is 0 Å². The zero-order chi connectivity index (χ0) is 13.9. The molecule has 3 rings (SSSR count). The third-order valence-corrected chi connectivity index (χ3v) is 4.00. The number of aryl methyl sites for hydroxylation is 1. The van der Waals surface area contributed by atoms with Gasteiger partial charge in [-0.2, -0.15) is 0 Å².